The van der Waals surface area contributed by atoms with Crippen LogP contribution in [0.25, 0.3) is 22.2 Å². The Morgan fingerprint density at radius 2 is 1.80 bits per heavy atom. The number of fused-ring (bicyclic) bond motifs is 2. The summed E-state index contributed by atoms with van der Waals surface area (Å²) >= 11 is 5.94. The SMILES string of the molecule is Nc1c(S(=O)(=O)c2ccc(Cl)cc2)c2nc3ccccc3nc2n1CC1CCCO1. The van der Waals surface area contributed by atoms with Gasteiger partial charge in [-0.25, -0.2) is 18.4 Å². The molecule has 1 aliphatic rings. The molecular formula is C21H19ClN4O3S. The van der Waals surface area contributed by atoms with Crippen molar-refractivity contribution in [1.82, 2.24) is 14.5 Å². The summed E-state index contributed by atoms with van der Waals surface area (Å²) in [5.41, 5.74) is 8.41. The number of nitrogens with two attached hydrogens (primary N) is 1. The van der Waals surface area contributed by atoms with Crippen molar-refractivity contribution in [3.05, 3.63) is 53.6 Å². The molecule has 154 valence electrons. The average Bonchev–Trinajstić information content (AvgIpc) is 3.34. The van der Waals surface area contributed by atoms with Gasteiger partial charge in [0.25, 0.3) is 0 Å². The molecule has 3 heterocycles. The highest BCUT2D eigenvalue weighted by atomic mass is 35.5. The van der Waals surface area contributed by atoms with Crippen LogP contribution in [0.5, 0.6) is 0 Å². The molecule has 0 spiro atoms. The highest BCUT2D eigenvalue weighted by molar-refractivity contribution is 7.92. The van der Waals surface area contributed by atoms with Crippen LogP contribution in [-0.2, 0) is 21.1 Å². The van der Waals surface area contributed by atoms with E-state index in [-0.39, 0.29) is 27.2 Å². The molecule has 2 aromatic carbocycles. The lowest BCUT2D eigenvalue weighted by molar-refractivity contribution is 0.0983. The maximum Gasteiger partial charge on any atom is 0.212 e. The van der Waals surface area contributed by atoms with E-state index < -0.39 is 9.84 Å². The standard InChI is InChI=1S/C21H19ClN4O3S/c22-13-7-9-15(10-8-13)30(27,28)19-18-21(25-17-6-2-1-5-16(17)24-18)26(20(19)23)12-14-4-3-11-29-14/h1-2,5-10,14H,3-4,11-12,23H2. The Hall–Kier alpha value is -2.68. The molecule has 2 N–H and O–H groups in total. The lowest BCUT2D eigenvalue weighted by atomic mass is 10.2. The first kappa shape index (κ1) is 19.3. The Labute approximate surface area is 178 Å². The predicted molar refractivity (Wildman–Crippen MR) is 115 cm³/mol. The minimum atomic E-state index is -3.94. The maximum absolute atomic E-state index is 13.5. The zero-order valence-corrected chi connectivity index (χ0v) is 17.5. The van der Waals surface area contributed by atoms with Gasteiger partial charge in [-0.2, -0.15) is 0 Å². The summed E-state index contributed by atoms with van der Waals surface area (Å²) in [7, 11) is -3.94. The van der Waals surface area contributed by atoms with Gasteiger partial charge in [-0.05, 0) is 49.2 Å². The van der Waals surface area contributed by atoms with Gasteiger partial charge in [0.1, 0.15) is 16.2 Å². The molecular weight excluding hydrogens is 424 g/mol. The zero-order valence-electron chi connectivity index (χ0n) is 16.0. The van der Waals surface area contributed by atoms with Crippen LogP contribution < -0.4 is 5.73 Å². The number of sulfone groups is 1. The molecule has 7 nitrogen and oxygen atoms in total. The third-order valence-corrected chi connectivity index (χ3v) is 7.43. The Kier molecular flexibility index (Phi) is 4.65. The summed E-state index contributed by atoms with van der Waals surface area (Å²) < 4.78 is 34.5. The molecule has 0 bridgehead atoms. The number of rotatable bonds is 4. The molecule has 1 atom stereocenters. The van der Waals surface area contributed by atoms with Gasteiger partial charge in [0, 0.05) is 11.6 Å². The quantitative estimate of drug-likeness (QED) is 0.515. The van der Waals surface area contributed by atoms with Crippen molar-refractivity contribution >= 4 is 49.5 Å². The van der Waals surface area contributed by atoms with Crippen molar-refractivity contribution in [3.8, 4) is 0 Å². The molecule has 1 saturated heterocycles. The number of ether oxygens (including phenoxy) is 1. The number of hydrogen-bond donors (Lipinski definition) is 1. The zero-order chi connectivity index (χ0) is 20.9. The van der Waals surface area contributed by atoms with E-state index in [1.54, 1.807) is 10.6 Å². The summed E-state index contributed by atoms with van der Waals surface area (Å²) in [5.74, 6) is 0.116. The number of para-hydroxylation sites is 2. The van der Waals surface area contributed by atoms with Crippen molar-refractivity contribution < 1.29 is 13.2 Å². The molecule has 0 radical (unpaired) electrons. The first-order chi connectivity index (χ1) is 14.4. The summed E-state index contributed by atoms with van der Waals surface area (Å²) in [6.07, 6.45) is 1.82. The number of aromatic nitrogens is 3. The topological polar surface area (TPSA) is 100 Å². The number of nitrogen functional groups attached to an aromatic ring is 1. The Morgan fingerprint density at radius 1 is 1.10 bits per heavy atom. The first-order valence-electron chi connectivity index (χ1n) is 9.62. The largest absolute Gasteiger partial charge is 0.384 e. The fourth-order valence-electron chi connectivity index (χ4n) is 3.86. The number of hydrogen-bond acceptors (Lipinski definition) is 6. The summed E-state index contributed by atoms with van der Waals surface area (Å²) in [6, 6.07) is 13.4. The second kappa shape index (κ2) is 7.23. The smallest absolute Gasteiger partial charge is 0.212 e. The van der Waals surface area contributed by atoms with Crippen LogP contribution in [0.15, 0.2) is 58.3 Å². The third kappa shape index (κ3) is 3.12. The van der Waals surface area contributed by atoms with Gasteiger partial charge < -0.3 is 15.0 Å². The van der Waals surface area contributed by atoms with E-state index in [0.29, 0.717) is 34.9 Å². The van der Waals surface area contributed by atoms with E-state index >= 15 is 0 Å². The van der Waals surface area contributed by atoms with E-state index in [0.717, 1.165) is 12.8 Å². The lowest BCUT2D eigenvalue weighted by Crippen LogP contribution is -2.17. The number of anilines is 1. The van der Waals surface area contributed by atoms with Crippen LogP contribution in [0.4, 0.5) is 5.82 Å². The van der Waals surface area contributed by atoms with Gasteiger partial charge in [-0.15, -0.1) is 0 Å². The molecule has 0 saturated carbocycles. The van der Waals surface area contributed by atoms with Crippen molar-refractivity contribution in [2.24, 2.45) is 0 Å². The van der Waals surface area contributed by atoms with Crippen LogP contribution in [0, 0.1) is 0 Å². The summed E-state index contributed by atoms with van der Waals surface area (Å²) in [6.45, 7) is 1.11. The van der Waals surface area contributed by atoms with Gasteiger partial charge in [0.15, 0.2) is 5.65 Å². The number of nitrogens with zero attached hydrogens (tertiary/aromatic N) is 3. The van der Waals surface area contributed by atoms with E-state index in [2.05, 4.69) is 4.98 Å². The van der Waals surface area contributed by atoms with Gasteiger partial charge in [-0.1, -0.05) is 23.7 Å². The lowest BCUT2D eigenvalue weighted by Gasteiger charge is -2.13. The summed E-state index contributed by atoms with van der Waals surface area (Å²) in [4.78, 5) is 9.41. The second-order valence-corrected chi connectivity index (χ2v) is 9.62. The molecule has 2 aromatic heterocycles. The first-order valence-corrected chi connectivity index (χ1v) is 11.5. The molecule has 1 fully saturated rings. The van der Waals surface area contributed by atoms with E-state index in [1.165, 1.54) is 24.3 Å². The van der Waals surface area contributed by atoms with Gasteiger partial charge >= 0.3 is 0 Å². The molecule has 5 rings (SSSR count). The molecule has 4 aromatic rings. The average molecular weight is 443 g/mol. The fraction of sp³-hybridized carbons (Fsp3) is 0.238. The van der Waals surface area contributed by atoms with E-state index in [4.69, 9.17) is 27.1 Å². The van der Waals surface area contributed by atoms with Crippen molar-refractivity contribution in [2.45, 2.75) is 35.3 Å². The highest BCUT2D eigenvalue weighted by Gasteiger charge is 2.31. The molecule has 1 aliphatic heterocycles. The van der Waals surface area contributed by atoms with Crippen molar-refractivity contribution in [3.63, 3.8) is 0 Å². The second-order valence-electron chi connectivity index (χ2n) is 7.30. The Morgan fingerprint density at radius 3 is 2.47 bits per heavy atom. The number of benzene rings is 2. The third-order valence-electron chi connectivity index (χ3n) is 5.35. The van der Waals surface area contributed by atoms with Crippen LogP contribution in [0.2, 0.25) is 5.02 Å². The Balaban J connectivity index is 1.79. The molecule has 0 amide bonds. The molecule has 1 unspecified atom stereocenters. The minimum absolute atomic E-state index is 0.0314. The normalized spacial score (nSPS) is 17.2. The predicted octanol–water partition coefficient (Wildman–Crippen LogP) is 3.83. The fourth-order valence-corrected chi connectivity index (χ4v) is 5.50. The van der Waals surface area contributed by atoms with Crippen molar-refractivity contribution in [1.29, 1.82) is 0 Å². The molecule has 9 heteroatoms. The monoisotopic (exact) mass is 442 g/mol. The van der Waals surface area contributed by atoms with Gasteiger partial charge in [0.05, 0.1) is 28.6 Å². The number of halogens is 1. The Bertz CT molecular complexity index is 1360. The maximum atomic E-state index is 13.5. The molecule has 0 aliphatic carbocycles. The minimum Gasteiger partial charge on any atom is -0.384 e. The van der Waals surface area contributed by atoms with E-state index in [9.17, 15) is 8.42 Å². The van der Waals surface area contributed by atoms with Crippen LogP contribution in [0.1, 0.15) is 12.8 Å². The van der Waals surface area contributed by atoms with Crippen molar-refractivity contribution in [2.75, 3.05) is 12.3 Å². The van der Waals surface area contributed by atoms with Gasteiger partial charge in [0.2, 0.25) is 9.84 Å². The van der Waals surface area contributed by atoms with Crippen LogP contribution >= 0.6 is 11.6 Å². The van der Waals surface area contributed by atoms with Crippen LogP contribution in [0.3, 0.4) is 0 Å². The highest BCUT2D eigenvalue weighted by Crippen LogP contribution is 2.36. The van der Waals surface area contributed by atoms with E-state index in [1.807, 2.05) is 18.2 Å². The summed E-state index contributed by atoms with van der Waals surface area (Å²) in [5, 5.41) is 0.452. The van der Waals surface area contributed by atoms with Crippen LogP contribution in [-0.4, -0.2) is 35.7 Å². The molecule has 30 heavy (non-hydrogen) atoms. The van der Waals surface area contributed by atoms with Gasteiger partial charge in [-0.3, -0.25) is 0 Å².